The van der Waals surface area contributed by atoms with Crippen molar-refractivity contribution in [2.45, 2.75) is 25.9 Å². The van der Waals surface area contributed by atoms with Gasteiger partial charge in [0.2, 0.25) is 5.91 Å². The number of nitrogens with zero attached hydrogens (tertiary/aromatic N) is 2. The van der Waals surface area contributed by atoms with Crippen LogP contribution in [0.5, 0.6) is 5.75 Å². The average molecular weight is 328 g/mol. The Kier molecular flexibility index (Phi) is 5.20. The number of hydrogen-bond donors (Lipinski definition) is 1. The number of aromatic hydroxyl groups is 1. The second-order valence-corrected chi connectivity index (χ2v) is 6.48. The smallest absolute Gasteiger partial charge is 0.227 e. The number of hydrogen-bond acceptors (Lipinski definition) is 4. The number of para-hydroxylation sites is 1. The second kappa shape index (κ2) is 7.53. The number of piperidine rings is 1. The van der Waals surface area contributed by atoms with Crippen molar-refractivity contribution in [1.29, 1.82) is 0 Å². The predicted octanol–water partition coefficient (Wildman–Crippen LogP) is 2.86. The number of phenols is 1. The molecule has 24 heavy (non-hydrogen) atoms. The molecule has 1 aromatic carbocycles. The van der Waals surface area contributed by atoms with Gasteiger partial charge in [0.25, 0.3) is 0 Å². The fourth-order valence-electron chi connectivity index (χ4n) is 3.31. The highest BCUT2D eigenvalue weighted by Gasteiger charge is 2.28. The Bertz CT molecular complexity index is 669. The van der Waals surface area contributed by atoms with Crippen LogP contribution in [0, 0.1) is 5.92 Å². The molecule has 3 rings (SSSR count). The molecular formula is C19H24N2O3. The number of likely N-dealkylation sites (tertiary alicyclic amines) is 1. The first-order chi connectivity index (χ1) is 11.6. The van der Waals surface area contributed by atoms with E-state index in [2.05, 4.69) is 4.90 Å². The van der Waals surface area contributed by atoms with Crippen molar-refractivity contribution in [1.82, 2.24) is 9.80 Å². The van der Waals surface area contributed by atoms with Gasteiger partial charge in [0.15, 0.2) is 0 Å². The highest BCUT2D eigenvalue weighted by atomic mass is 16.3. The number of carbonyl (C=O) groups is 1. The maximum Gasteiger partial charge on any atom is 0.227 e. The van der Waals surface area contributed by atoms with Gasteiger partial charge in [0.05, 0.1) is 18.7 Å². The van der Waals surface area contributed by atoms with E-state index >= 15 is 0 Å². The minimum absolute atomic E-state index is 0.00423. The molecule has 1 fully saturated rings. The summed E-state index contributed by atoms with van der Waals surface area (Å²) >= 11 is 0. The molecule has 2 heterocycles. The van der Waals surface area contributed by atoms with Crippen LogP contribution in [0.2, 0.25) is 0 Å². The molecule has 1 atom stereocenters. The van der Waals surface area contributed by atoms with Crippen molar-refractivity contribution in [3.8, 4) is 5.75 Å². The zero-order chi connectivity index (χ0) is 16.9. The fraction of sp³-hybridized carbons (Fsp3) is 0.421. The Morgan fingerprint density at radius 1 is 1.33 bits per heavy atom. The SMILES string of the molecule is CN(Cc1ccccc1O)C(=O)[C@@H]1CCCN(Cc2ccco2)C1. The highest BCUT2D eigenvalue weighted by molar-refractivity contribution is 5.79. The van der Waals surface area contributed by atoms with Gasteiger partial charge < -0.3 is 14.4 Å². The van der Waals surface area contributed by atoms with E-state index in [-0.39, 0.29) is 17.6 Å². The normalized spacial score (nSPS) is 18.5. The summed E-state index contributed by atoms with van der Waals surface area (Å²) in [6, 6.07) is 11.0. The lowest BCUT2D eigenvalue weighted by atomic mass is 9.96. The van der Waals surface area contributed by atoms with Crippen LogP contribution in [0.3, 0.4) is 0 Å². The Balaban J connectivity index is 1.58. The summed E-state index contributed by atoms with van der Waals surface area (Å²) in [5.74, 6) is 1.32. The van der Waals surface area contributed by atoms with Gasteiger partial charge in [-0.1, -0.05) is 18.2 Å². The lowest BCUT2D eigenvalue weighted by Gasteiger charge is -2.33. The molecule has 0 spiro atoms. The lowest BCUT2D eigenvalue weighted by Crippen LogP contribution is -2.43. The Labute approximate surface area is 142 Å². The Hall–Kier alpha value is -2.27. The van der Waals surface area contributed by atoms with E-state index in [9.17, 15) is 9.90 Å². The van der Waals surface area contributed by atoms with Crippen molar-refractivity contribution in [3.63, 3.8) is 0 Å². The van der Waals surface area contributed by atoms with Gasteiger partial charge in [0, 0.05) is 25.7 Å². The minimum atomic E-state index is 0.00423. The van der Waals surface area contributed by atoms with Crippen molar-refractivity contribution >= 4 is 5.91 Å². The first kappa shape index (κ1) is 16.6. The number of amides is 1. The topological polar surface area (TPSA) is 56.9 Å². The summed E-state index contributed by atoms with van der Waals surface area (Å²) in [7, 11) is 1.81. The second-order valence-electron chi connectivity index (χ2n) is 6.48. The van der Waals surface area contributed by atoms with Crippen LogP contribution in [-0.4, -0.2) is 41.0 Å². The zero-order valence-electron chi connectivity index (χ0n) is 14.0. The van der Waals surface area contributed by atoms with Crippen molar-refractivity contribution in [3.05, 3.63) is 54.0 Å². The molecule has 0 saturated carbocycles. The molecule has 0 aliphatic carbocycles. The maximum absolute atomic E-state index is 12.8. The van der Waals surface area contributed by atoms with E-state index in [1.165, 1.54) is 0 Å². The molecule has 1 aliphatic rings. The third kappa shape index (κ3) is 3.97. The summed E-state index contributed by atoms with van der Waals surface area (Å²) in [6.07, 6.45) is 3.61. The fourth-order valence-corrected chi connectivity index (χ4v) is 3.31. The van der Waals surface area contributed by atoms with Crippen LogP contribution in [0.15, 0.2) is 47.1 Å². The zero-order valence-corrected chi connectivity index (χ0v) is 14.0. The van der Waals surface area contributed by atoms with Crippen LogP contribution in [-0.2, 0) is 17.9 Å². The standard InChI is InChI=1S/C19H24N2O3/c1-20(12-15-6-2-3-9-18(15)22)19(23)16-7-4-10-21(13-16)14-17-8-5-11-24-17/h2-3,5-6,8-9,11,16,22H,4,7,10,12-14H2,1H3/t16-/m1/s1. The first-order valence-electron chi connectivity index (χ1n) is 8.40. The molecule has 1 saturated heterocycles. The highest BCUT2D eigenvalue weighted by Crippen LogP contribution is 2.23. The minimum Gasteiger partial charge on any atom is -0.508 e. The molecule has 0 bridgehead atoms. The molecular weight excluding hydrogens is 304 g/mol. The van der Waals surface area contributed by atoms with E-state index < -0.39 is 0 Å². The molecule has 1 N–H and O–H groups in total. The molecule has 0 radical (unpaired) electrons. The quantitative estimate of drug-likeness (QED) is 0.917. The van der Waals surface area contributed by atoms with Gasteiger partial charge in [-0.05, 0) is 37.6 Å². The largest absolute Gasteiger partial charge is 0.508 e. The van der Waals surface area contributed by atoms with Crippen molar-refractivity contribution in [2.75, 3.05) is 20.1 Å². The number of rotatable bonds is 5. The number of benzene rings is 1. The van der Waals surface area contributed by atoms with E-state index in [0.29, 0.717) is 6.54 Å². The van der Waals surface area contributed by atoms with E-state index in [0.717, 1.165) is 43.8 Å². The van der Waals surface area contributed by atoms with Gasteiger partial charge in [-0.25, -0.2) is 0 Å². The molecule has 1 amide bonds. The summed E-state index contributed by atoms with van der Waals surface area (Å²) in [6.45, 7) is 2.93. The Morgan fingerprint density at radius 3 is 2.92 bits per heavy atom. The van der Waals surface area contributed by atoms with Crippen molar-refractivity contribution < 1.29 is 14.3 Å². The number of phenolic OH excluding ortho intramolecular Hbond substituents is 1. The Morgan fingerprint density at radius 2 is 2.17 bits per heavy atom. The van der Waals surface area contributed by atoms with E-state index in [1.54, 1.807) is 30.3 Å². The average Bonchev–Trinajstić information content (AvgIpc) is 3.09. The maximum atomic E-state index is 12.8. The predicted molar refractivity (Wildman–Crippen MR) is 91.3 cm³/mol. The van der Waals surface area contributed by atoms with E-state index in [1.807, 2.05) is 24.3 Å². The summed E-state index contributed by atoms with van der Waals surface area (Å²) in [5, 5.41) is 9.88. The third-order valence-electron chi connectivity index (χ3n) is 4.59. The third-order valence-corrected chi connectivity index (χ3v) is 4.59. The van der Waals surface area contributed by atoms with Gasteiger partial charge in [0.1, 0.15) is 11.5 Å². The monoisotopic (exact) mass is 328 g/mol. The van der Waals surface area contributed by atoms with Gasteiger partial charge >= 0.3 is 0 Å². The molecule has 1 aliphatic heterocycles. The van der Waals surface area contributed by atoms with Crippen LogP contribution < -0.4 is 0 Å². The van der Waals surface area contributed by atoms with E-state index in [4.69, 9.17) is 4.42 Å². The van der Waals surface area contributed by atoms with Crippen LogP contribution in [0.1, 0.15) is 24.2 Å². The van der Waals surface area contributed by atoms with Crippen molar-refractivity contribution in [2.24, 2.45) is 5.92 Å². The first-order valence-corrected chi connectivity index (χ1v) is 8.40. The van der Waals surface area contributed by atoms with Crippen LogP contribution >= 0.6 is 0 Å². The van der Waals surface area contributed by atoms with Crippen LogP contribution in [0.4, 0.5) is 0 Å². The summed E-state index contributed by atoms with van der Waals surface area (Å²) in [4.78, 5) is 16.8. The molecule has 5 heteroatoms. The number of furan rings is 1. The van der Waals surface area contributed by atoms with Crippen LogP contribution in [0.25, 0.3) is 0 Å². The summed E-state index contributed by atoms with van der Waals surface area (Å²) in [5.41, 5.74) is 0.775. The molecule has 128 valence electrons. The molecule has 1 aromatic heterocycles. The summed E-state index contributed by atoms with van der Waals surface area (Å²) < 4.78 is 5.41. The van der Waals surface area contributed by atoms with Gasteiger partial charge in [-0.15, -0.1) is 0 Å². The number of carbonyl (C=O) groups excluding carboxylic acids is 1. The molecule has 0 unspecified atom stereocenters. The van der Waals surface area contributed by atoms with Gasteiger partial charge in [-0.2, -0.15) is 0 Å². The lowest BCUT2D eigenvalue weighted by molar-refractivity contribution is -0.136. The molecule has 5 nitrogen and oxygen atoms in total. The van der Waals surface area contributed by atoms with Gasteiger partial charge in [-0.3, -0.25) is 9.69 Å². The molecule has 2 aromatic rings.